The summed E-state index contributed by atoms with van der Waals surface area (Å²) in [5, 5.41) is 0. The van der Waals surface area contributed by atoms with E-state index < -0.39 is 6.10 Å². The number of allylic oxidation sites excluding steroid dienone is 12. The maximum absolute atomic E-state index is 13.0. The van der Waals surface area contributed by atoms with Gasteiger partial charge in [-0.25, -0.2) is 0 Å². The minimum atomic E-state index is -0.784. The van der Waals surface area contributed by atoms with E-state index in [1.54, 1.807) is 0 Å². The molecule has 6 nitrogen and oxygen atoms in total. The predicted molar refractivity (Wildman–Crippen MR) is 362 cm³/mol. The van der Waals surface area contributed by atoms with Crippen LogP contribution in [-0.4, -0.2) is 37.2 Å². The zero-order valence-corrected chi connectivity index (χ0v) is 55.5. The fraction of sp³-hybridized carbons (Fsp3) is 0.805. The second-order valence-electron chi connectivity index (χ2n) is 24.5. The highest BCUT2D eigenvalue weighted by Crippen LogP contribution is 2.19. The standard InChI is InChI=1S/C77H138O6/c1-4-7-10-13-16-19-22-25-27-29-31-33-35-36-37-38-39-40-42-43-45-47-49-52-55-58-61-64-67-70-76(79)82-73-74(72-81-75(78)69-66-63-60-57-54-51-24-21-18-15-12-9-6-3)83-77(80)71-68-65-62-59-56-53-50-48-46-44-41-34-32-30-28-26-23-20-17-14-11-8-5-2/h8,11-12,15,17,20-21,24,26,28,32,34,74H,4-7,9-10,13-14,16,18-19,22-23,25,27,29-31,33,35-73H2,1-3H3/b11-8-,15-12-,20-17-,24-21-,28-26-,34-32-. The molecular weight excluding hydrogens is 1020 g/mol. The molecule has 0 saturated carbocycles. The molecular formula is C77H138O6. The average molecular weight is 1160 g/mol. The first-order chi connectivity index (χ1) is 41.0. The van der Waals surface area contributed by atoms with Crippen molar-refractivity contribution in [1.82, 2.24) is 0 Å². The maximum Gasteiger partial charge on any atom is 0.306 e. The molecule has 0 rings (SSSR count). The van der Waals surface area contributed by atoms with Gasteiger partial charge in [-0.05, 0) is 83.5 Å². The normalized spacial score (nSPS) is 12.5. The van der Waals surface area contributed by atoms with E-state index in [4.69, 9.17) is 14.2 Å². The third kappa shape index (κ3) is 69.5. The Labute approximate surface area is 516 Å². The minimum absolute atomic E-state index is 0.0781. The Morgan fingerprint density at radius 2 is 0.494 bits per heavy atom. The molecule has 0 aliphatic heterocycles. The van der Waals surface area contributed by atoms with Crippen LogP contribution in [0, 0.1) is 0 Å². The lowest BCUT2D eigenvalue weighted by atomic mass is 10.0. The zero-order valence-electron chi connectivity index (χ0n) is 55.5. The molecule has 0 aromatic carbocycles. The van der Waals surface area contributed by atoms with Gasteiger partial charge >= 0.3 is 17.9 Å². The van der Waals surface area contributed by atoms with Crippen LogP contribution < -0.4 is 0 Å². The van der Waals surface area contributed by atoms with Gasteiger partial charge in [-0.1, -0.05) is 351 Å². The molecule has 83 heavy (non-hydrogen) atoms. The predicted octanol–water partition coefficient (Wildman–Crippen LogP) is 25.2. The Bertz CT molecular complexity index is 1520. The van der Waals surface area contributed by atoms with Gasteiger partial charge in [-0.15, -0.1) is 0 Å². The van der Waals surface area contributed by atoms with Crippen LogP contribution in [0.25, 0.3) is 0 Å². The van der Waals surface area contributed by atoms with Crippen molar-refractivity contribution < 1.29 is 28.6 Å². The van der Waals surface area contributed by atoms with Gasteiger partial charge in [0.2, 0.25) is 0 Å². The Morgan fingerprint density at radius 1 is 0.253 bits per heavy atom. The number of hydrogen-bond acceptors (Lipinski definition) is 6. The highest BCUT2D eigenvalue weighted by atomic mass is 16.6. The van der Waals surface area contributed by atoms with Crippen molar-refractivity contribution in [2.75, 3.05) is 13.2 Å². The summed E-state index contributed by atoms with van der Waals surface area (Å²) in [6.07, 6.45) is 93.8. The zero-order chi connectivity index (χ0) is 59.9. The molecule has 0 bridgehead atoms. The molecule has 0 amide bonds. The molecule has 6 heteroatoms. The molecule has 0 heterocycles. The SMILES string of the molecule is CC/C=C\C/C=C\C/C=C\C/C=C\CCCCCCCCCCCCC(=O)OC(COC(=O)CCCCCCC/C=C\C/C=C\CCC)COC(=O)CCCCCCCCCCCCCCCCCCCCCCCCCCCCCCC. The van der Waals surface area contributed by atoms with Gasteiger partial charge in [0.25, 0.3) is 0 Å². The minimum Gasteiger partial charge on any atom is -0.462 e. The molecule has 0 aliphatic carbocycles. The summed E-state index contributed by atoms with van der Waals surface area (Å²) in [5.74, 6) is -0.876. The molecule has 482 valence electrons. The van der Waals surface area contributed by atoms with Crippen molar-refractivity contribution in [3.63, 3.8) is 0 Å². The van der Waals surface area contributed by atoms with Crippen molar-refractivity contribution in [3.05, 3.63) is 72.9 Å². The number of unbranched alkanes of at least 4 members (excludes halogenated alkanes) is 44. The monoisotopic (exact) mass is 1160 g/mol. The van der Waals surface area contributed by atoms with Gasteiger partial charge in [0, 0.05) is 19.3 Å². The lowest BCUT2D eigenvalue weighted by molar-refractivity contribution is -0.167. The molecule has 0 radical (unpaired) electrons. The molecule has 0 aliphatic rings. The van der Waals surface area contributed by atoms with Gasteiger partial charge in [0.05, 0.1) is 0 Å². The average Bonchev–Trinajstić information content (AvgIpc) is 3.49. The molecule has 1 atom stereocenters. The van der Waals surface area contributed by atoms with E-state index in [1.165, 1.54) is 231 Å². The van der Waals surface area contributed by atoms with Crippen molar-refractivity contribution in [1.29, 1.82) is 0 Å². The van der Waals surface area contributed by atoms with Crippen molar-refractivity contribution >= 4 is 17.9 Å². The van der Waals surface area contributed by atoms with Crippen LogP contribution in [0.5, 0.6) is 0 Å². The number of rotatable bonds is 67. The first-order valence-electron chi connectivity index (χ1n) is 36.4. The van der Waals surface area contributed by atoms with E-state index in [0.29, 0.717) is 19.3 Å². The summed E-state index contributed by atoms with van der Waals surface area (Å²) < 4.78 is 17.0. The van der Waals surface area contributed by atoms with Crippen molar-refractivity contribution in [2.24, 2.45) is 0 Å². The number of ether oxygens (including phenoxy) is 3. The molecule has 0 fully saturated rings. The number of esters is 3. The van der Waals surface area contributed by atoms with E-state index in [0.717, 1.165) is 109 Å². The highest BCUT2D eigenvalue weighted by molar-refractivity contribution is 5.71. The fourth-order valence-electron chi connectivity index (χ4n) is 10.8. The summed E-state index contributed by atoms with van der Waals surface area (Å²) in [4.78, 5) is 38.4. The third-order valence-electron chi connectivity index (χ3n) is 16.2. The third-order valence-corrected chi connectivity index (χ3v) is 16.2. The van der Waals surface area contributed by atoms with Crippen LogP contribution in [0.4, 0.5) is 0 Å². The lowest BCUT2D eigenvalue weighted by Crippen LogP contribution is -2.30. The smallest absolute Gasteiger partial charge is 0.306 e. The van der Waals surface area contributed by atoms with E-state index in [9.17, 15) is 14.4 Å². The molecule has 1 unspecified atom stereocenters. The van der Waals surface area contributed by atoms with E-state index >= 15 is 0 Å². The summed E-state index contributed by atoms with van der Waals surface area (Å²) in [5.41, 5.74) is 0. The molecule has 0 aromatic heterocycles. The Kier molecular flexibility index (Phi) is 68.6. The van der Waals surface area contributed by atoms with E-state index in [1.807, 2.05) is 0 Å². The largest absolute Gasteiger partial charge is 0.462 e. The summed E-state index contributed by atoms with van der Waals surface area (Å²) in [7, 11) is 0. The first-order valence-corrected chi connectivity index (χ1v) is 36.4. The highest BCUT2D eigenvalue weighted by Gasteiger charge is 2.19. The van der Waals surface area contributed by atoms with Crippen LogP contribution in [-0.2, 0) is 28.6 Å². The van der Waals surface area contributed by atoms with Crippen LogP contribution >= 0.6 is 0 Å². The van der Waals surface area contributed by atoms with Crippen LogP contribution in [0.15, 0.2) is 72.9 Å². The fourth-order valence-corrected chi connectivity index (χ4v) is 10.8. The Hall–Kier alpha value is -3.15. The summed E-state index contributed by atoms with van der Waals surface area (Å²) >= 11 is 0. The molecule has 0 spiro atoms. The van der Waals surface area contributed by atoms with E-state index in [-0.39, 0.29) is 31.1 Å². The van der Waals surface area contributed by atoms with Crippen molar-refractivity contribution in [3.8, 4) is 0 Å². The van der Waals surface area contributed by atoms with E-state index in [2.05, 4.69) is 93.7 Å². The van der Waals surface area contributed by atoms with Gasteiger partial charge < -0.3 is 14.2 Å². The quantitative estimate of drug-likeness (QED) is 0.0261. The van der Waals surface area contributed by atoms with Crippen molar-refractivity contribution in [2.45, 2.75) is 386 Å². The van der Waals surface area contributed by atoms with Gasteiger partial charge in [-0.2, -0.15) is 0 Å². The van der Waals surface area contributed by atoms with Crippen LogP contribution in [0.2, 0.25) is 0 Å². The second kappa shape index (κ2) is 71.3. The number of hydrogen-bond donors (Lipinski definition) is 0. The topological polar surface area (TPSA) is 78.9 Å². The second-order valence-corrected chi connectivity index (χ2v) is 24.5. The first kappa shape index (κ1) is 79.8. The van der Waals surface area contributed by atoms with Crippen LogP contribution in [0.1, 0.15) is 380 Å². The maximum atomic E-state index is 13.0. The lowest BCUT2D eigenvalue weighted by Gasteiger charge is -2.18. The van der Waals surface area contributed by atoms with Gasteiger partial charge in [0.1, 0.15) is 13.2 Å². The molecule has 0 saturated heterocycles. The Balaban J connectivity index is 4.21. The molecule has 0 N–H and O–H groups in total. The van der Waals surface area contributed by atoms with Gasteiger partial charge in [0.15, 0.2) is 6.10 Å². The van der Waals surface area contributed by atoms with Crippen LogP contribution in [0.3, 0.4) is 0 Å². The summed E-state index contributed by atoms with van der Waals surface area (Å²) in [6.45, 7) is 6.51. The van der Waals surface area contributed by atoms with Gasteiger partial charge in [-0.3, -0.25) is 14.4 Å². The molecule has 0 aromatic rings. The Morgan fingerprint density at radius 3 is 0.783 bits per heavy atom. The number of carbonyl (C=O) groups excluding carboxylic acids is 3. The summed E-state index contributed by atoms with van der Waals surface area (Å²) in [6, 6.07) is 0. The number of carbonyl (C=O) groups is 3.